The van der Waals surface area contributed by atoms with Gasteiger partial charge in [-0.25, -0.2) is 4.98 Å². The van der Waals surface area contributed by atoms with E-state index >= 15 is 0 Å². The summed E-state index contributed by atoms with van der Waals surface area (Å²) in [7, 11) is 0. The molecule has 2 aromatic heterocycles. The Labute approximate surface area is 145 Å². The summed E-state index contributed by atoms with van der Waals surface area (Å²) in [5, 5.41) is 1.73. The molecule has 1 aliphatic rings. The number of thioether (sulfide) groups is 1. The molecule has 1 aliphatic carbocycles. The molecule has 0 radical (unpaired) electrons. The number of fused-ring (bicyclic) bond motifs is 3. The summed E-state index contributed by atoms with van der Waals surface area (Å²) < 4.78 is 1.83. The molecule has 0 aromatic carbocycles. The van der Waals surface area contributed by atoms with Crippen LogP contribution in [0.25, 0.3) is 10.2 Å². The molecule has 0 fully saturated rings. The van der Waals surface area contributed by atoms with Crippen molar-refractivity contribution in [2.45, 2.75) is 58.2 Å². The lowest BCUT2D eigenvalue weighted by atomic mass is 10.2. The molecule has 3 nitrogen and oxygen atoms in total. The largest absolute Gasteiger partial charge is 0.283 e. The molecule has 0 atom stereocenters. The highest BCUT2D eigenvalue weighted by Crippen LogP contribution is 2.35. The van der Waals surface area contributed by atoms with Gasteiger partial charge in [-0.05, 0) is 44.1 Å². The van der Waals surface area contributed by atoms with Crippen molar-refractivity contribution in [2.24, 2.45) is 5.92 Å². The molecule has 23 heavy (non-hydrogen) atoms. The topological polar surface area (TPSA) is 34.9 Å². The van der Waals surface area contributed by atoms with Crippen LogP contribution in [0, 0.1) is 5.92 Å². The van der Waals surface area contributed by atoms with Crippen molar-refractivity contribution in [1.29, 1.82) is 0 Å². The second-order valence-corrected chi connectivity index (χ2v) is 8.96. The van der Waals surface area contributed by atoms with Gasteiger partial charge in [0, 0.05) is 17.2 Å². The van der Waals surface area contributed by atoms with Crippen LogP contribution in [0.3, 0.4) is 0 Å². The number of nitrogens with zero attached hydrogens (tertiary/aromatic N) is 2. The highest BCUT2D eigenvalue weighted by Gasteiger charge is 2.23. The zero-order valence-corrected chi connectivity index (χ0v) is 15.8. The first-order chi connectivity index (χ1) is 11.0. The van der Waals surface area contributed by atoms with Gasteiger partial charge in [0.2, 0.25) is 0 Å². The summed E-state index contributed by atoms with van der Waals surface area (Å²) >= 11 is 3.43. The van der Waals surface area contributed by atoms with Crippen LogP contribution < -0.4 is 5.56 Å². The third-order valence-corrected chi connectivity index (χ3v) is 6.34. The van der Waals surface area contributed by atoms with Crippen molar-refractivity contribution in [3.8, 4) is 0 Å². The number of allylic oxidation sites excluding steroid dienone is 1. The van der Waals surface area contributed by atoms with Crippen LogP contribution in [0.1, 0.15) is 44.1 Å². The Balaban J connectivity index is 2.06. The van der Waals surface area contributed by atoms with Gasteiger partial charge in [-0.3, -0.25) is 9.36 Å². The van der Waals surface area contributed by atoms with E-state index in [9.17, 15) is 4.79 Å². The van der Waals surface area contributed by atoms with Gasteiger partial charge in [0.25, 0.3) is 5.56 Å². The molecule has 5 heteroatoms. The molecule has 124 valence electrons. The fourth-order valence-corrected chi connectivity index (χ4v) is 5.50. The summed E-state index contributed by atoms with van der Waals surface area (Å²) in [6.45, 7) is 11.0. The molecule has 0 aliphatic heterocycles. The Hall–Kier alpha value is -1.07. The maximum atomic E-state index is 13.1. The van der Waals surface area contributed by atoms with Gasteiger partial charge in [0.1, 0.15) is 4.83 Å². The number of aryl methyl sites for hydroxylation is 2. The van der Waals surface area contributed by atoms with E-state index < -0.39 is 0 Å². The molecule has 2 heterocycles. The van der Waals surface area contributed by atoms with Crippen molar-refractivity contribution in [1.82, 2.24) is 9.55 Å². The third-order valence-electron chi connectivity index (χ3n) is 4.14. The van der Waals surface area contributed by atoms with Gasteiger partial charge in [-0.2, -0.15) is 0 Å². The minimum atomic E-state index is 0.129. The van der Waals surface area contributed by atoms with Crippen LogP contribution in [0.2, 0.25) is 0 Å². The monoisotopic (exact) mass is 348 g/mol. The Morgan fingerprint density at radius 2 is 2.22 bits per heavy atom. The summed E-state index contributed by atoms with van der Waals surface area (Å²) in [5.41, 5.74) is 2.38. The molecule has 0 bridgehead atoms. The van der Waals surface area contributed by atoms with Gasteiger partial charge in [0.15, 0.2) is 5.16 Å². The molecular formula is C18H24N2OS2. The first kappa shape index (κ1) is 16.8. The highest BCUT2D eigenvalue weighted by atomic mass is 32.2. The molecular weight excluding hydrogens is 324 g/mol. The molecule has 0 spiro atoms. The lowest BCUT2D eigenvalue weighted by Crippen LogP contribution is -2.24. The summed E-state index contributed by atoms with van der Waals surface area (Å²) in [6.07, 6.45) is 4.43. The lowest BCUT2D eigenvalue weighted by Gasteiger charge is -2.12. The maximum absolute atomic E-state index is 13.1. The Morgan fingerprint density at radius 3 is 2.91 bits per heavy atom. The Kier molecular flexibility index (Phi) is 4.97. The van der Waals surface area contributed by atoms with Gasteiger partial charge in [0.05, 0.1) is 5.39 Å². The fraction of sp³-hybridized carbons (Fsp3) is 0.556. The van der Waals surface area contributed by atoms with Gasteiger partial charge in [-0.15, -0.1) is 11.3 Å². The van der Waals surface area contributed by atoms with Gasteiger partial charge >= 0.3 is 0 Å². The first-order valence-electron chi connectivity index (χ1n) is 8.29. The van der Waals surface area contributed by atoms with E-state index in [1.54, 1.807) is 23.1 Å². The second-order valence-electron chi connectivity index (χ2n) is 6.81. The van der Waals surface area contributed by atoms with Crippen molar-refractivity contribution < 1.29 is 0 Å². The minimum absolute atomic E-state index is 0.129. The molecule has 0 saturated carbocycles. The number of aromatic nitrogens is 2. The number of rotatable bonds is 6. The van der Waals surface area contributed by atoms with E-state index in [-0.39, 0.29) is 5.56 Å². The molecule has 0 unspecified atom stereocenters. The Bertz CT molecular complexity index is 801. The molecule has 3 rings (SSSR count). The van der Waals surface area contributed by atoms with E-state index in [0.29, 0.717) is 12.5 Å². The normalized spacial score (nSPS) is 13.9. The van der Waals surface area contributed by atoms with E-state index in [0.717, 1.165) is 46.0 Å². The van der Waals surface area contributed by atoms with Gasteiger partial charge < -0.3 is 0 Å². The SMILES string of the molecule is C=C(C)Cn1c(SCCC(C)C)nc2sc3c(c2c1=O)CCC3. The van der Waals surface area contributed by atoms with Gasteiger partial charge in [-0.1, -0.05) is 37.8 Å². The van der Waals surface area contributed by atoms with E-state index in [1.807, 2.05) is 11.5 Å². The lowest BCUT2D eigenvalue weighted by molar-refractivity contribution is 0.625. The van der Waals surface area contributed by atoms with Crippen molar-refractivity contribution in [3.05, 3.63) is 32.9 Å². The van der Waals surface area contributed by atoms with E-state index in [2.05, 4.69) is 20.4 Å². The predicted octanol–water partition coefficient (Wildman–Crippen LogP) is 4.66. The van der Waals surface area contributed by atoms with E-state index in [4.69, 9.17) is 4.98 Å². The molecule has 0 amide bonds. The van der Waals surface area contributed by atoms with Crippen LogP contribution in [0.4, 0.5) is 0 Å². The van der Waals surface area contributed by atoms with Crippen LogP contribution >= 0.6 is 23.1 Å². The van der Waals surface area contributed by atoms with Crippen molar-refractivity contribution in [3.63, 3.8) is 0 Å². The molecule has 0 saturated heterocycles. The smallest absolute Gasteiger partial charge is 0.263 e. The maximum Gasteiger partial charge on any atom is 0.263 e. The zero-order valence-electron chi connectivity index (χ0n) is 14.1. The second kappa shape index (κ2) is 6.81. The molecule has 0 N–H and O–H groups in total. The number of hydrogen-bond donors (Lipinski definition) is 0. The quantitative estimate of drug-likeness (QED) is 0.432. The minimum Gasteiger partial charge on any atom is -0.283 e. The van der Waals surface area contributed by atoms with Crippen LogP contribution in [-0.2, 0) is 19.4 Å². The summed E-state index contributed by atoms with van der Waals surface area (Å²) in [5.74, 6) is 1.66. The van der Waals surface area contributed by atoms with Crippen molar-refractivity contribution in [2.75, 3.05) is 5.75 Å². The average molecular weight is 349 g/mol. The Morgan fingerprint density at radius 1 is 1.43 bits per heavy atom. The average Bonchev–Trinajstić information content (AvgIpc) is 3.02. The first-order valence-corrected chi connectivity index (χ1v) is 10.1. The predicted molar refractivity (Wildman–Crippen MR) is 101 cm³/mol. The third kappa shape index (κ3) is 3.41. The number of hydrogen-bond acceptors (Lipinski definition) is 4. The summed E-state index contributed by atoms with van der Waals surface area (Å²) in [4.78, 5) is 20.2. The fourth-order valence-electron chi connectivity index (χ4n) is 2.96. The highest BCUT2D eigenvalue weighted by molar-refractivity contribution is 7.99. The van der Waals surface area contributed by atoms with Crippen molar-refractivity contribution >= 4 is 33.3 Å². The zero-order chi connectivity index (χ0) is 16.6. The summed E-state index contributed by atoms with van der Waals surface area (Å²) in [6, 6.07) is 0. The standard InChI is InChI=1S/C18H24N2OS2/c1-11(2)8-9-22-18-19-16-15(13-6-5-7-14(13)23-16)17(21)20(18)10-12(3)4/h11H,3,5-10H2,1-2,4H3. The molecule has 2 aromatic rings. The number of thiophene rings is 1. The van der Waals surface area contributed by atoms with Crippen LogP contribution in [0.15, 0.2) is 22.1 Å². The van der Waals surface area contributed by atoms with E-state index in [1.165, 1.54) is 16.9 Å². The van der Waals surface area contributed by atoms with Crippen LogP contribution in [0.5, 0.6) is 0 Å². The van der Waals surface area contributed by atoms with Crippen LogP contribution in [-0.4, -0.2) is 15.3 Å².